The third-order valence-corrected chi connectivity index (χ3v) is 4.22. The van der Waals surface area contributed by atoms with E-state index in [0.717, 1.165) is 17.1 Å². The molecule has 116 valence electrons. The van der Waals surface area contributed by atoms with Gasteiger partial charge >= 0.3 is 0 Å². The van der Waals surface area contributed by atoms with E-state index in [0.29, 0.717) is 22.8 Å². The average molecular weight is 326 g/mol. The van der Waals surface area contributed by atoms with Gasteiger partial charge in [-0.15, -0.1) is 11.8 Å². The van der Waals surface area contributed by atoms with Crippen LogP contribution < -0.4 is 14.8 Å². The summed E-state index contributed by atoms with van der Waals surface area (Å²) in [5.41, 5.74) is 2.24. The maximum atomic E-state index is 11.9. The number of rotatable bonds is 5. The molecule has 0 saturated carbocycles. The normalized spacial score (nSPS) is 11.8. The minimum Gasteiger partial charge on any atom is -0.454 e. The zero-order valence-corrected chi connectivity index (χ0v) is 13.1. The maximum absolute atomic E-state index is 11.9. The lowest BCUT2D eigenvalue weighted by Crippen LogP contribution is -2.14. The molecule has 0 aliphatic carbocycles. The molecule has 1 aliphatic heterocycles. The molecule has 0 aromatic heterocycles. The van der Waals surface area contributed by atoms with E-state index in [4.69, 9.17) is 14.7 Å². The van der Waals surface area contributed by atoms with E-state index in [1.165, 1.54) is 11.8 Å². The number of ether oxygens (including phenoxy) is 2. The van der Waals surface area contributed by atoms with Gasteiger partial charge in [-0.1, -0.05) is 12.1 Å². The van der Waals surface area contributed by atoms with E-state index in [-0.39, 0.29) is 12.7 Å². The fourth-order valence-corrected chi connectivity index (χ4v) is 2.93. The maximum Gasteiger partial charge on any atom is 0.234 e. The average Bonchev–Trinajstić information content (AvgIpc) is 3.02. The molecular weight excluding hydrogens is 312 g/mol. The number of carbonyl (C=O) groups is 1. The molecule has 1 aliphatic rings. The number of carbonyl (C=O) groups excluding carboxylic acids is 1. The van der Waals surface area contributed by atoms with Crippen molar-refractivity contribution < 1.29 is 14.3 Å². The van der Waals surface area contributed by atoms with Crippen LogP contribution in [0.3, 0.4) is 0 Å². The summed E-state index contributed by atoms with van der Waals surface area (Å²) in [5, 5.41) is 11.6. The van der Waals surface area contributed by atoms with Gasteiger partial charge in [-0.2, -0.15) is 5.26 Å². The molecule has 0 unspecified atom stereocenters. The van der Waals surface area contributed by atoms with Crippen LogP contribution in [0.2, 0.25) is 0 Å². The van der Waals surface area contributed by atoms with E-state index in [1.807, 2.05) is 24.3 Å². The topological polar surface area (TPSA) is 71.4 Å². The fourth-order valence-electron chi connectivity index (χ4n) is 2.16. The third kappa shape index (κ3) is 3.96. The number of benzene rings is 2. The Kier molecular flexibility index (Phi) is 4.69. The van der Waals surface area contributed by atoms with Crippen LogP contribution in [-0.2, 0) is 10.5 Å². The number of nitriles is 1. The quantitative estimate of drug-likeness (QED) is 0.914. The summed E-state index contributed by atoms with van der Waals surface area (Å²) < 4.78 is 10.6. The zero-order chi connectivity index (χ0) is 16.1. The second-order valence-electron chi connectivity index (χ2n) is 4.92. The Hall–Kier alpha value is -2.65. The summed E-state index contributed by atoms with van der Waals surface area (Å²) in [5.74, 6) is 2.47. The van der Waals surface area contributed by atoms with Crippen molar-refractivity contribution >= 4 is 23.4 Å². The van der Waals surface area contributed by atoms with Crippen LogP contribution in [0.15, 0.2) is 42.5 Å². The Morgan fingerprint density at radius 2 is 2.09 bits per heavy atom. The highest BCUT2D eigenvalue weighted by molar-refractivity contribution is 7.99. The monoisotopic (exact) mass is 326 g/mol. The van der Waals surface area contributed by atoms with Gasteiger partial charge in [0.25, 0.3) is 0 Å². The number of amides is 1. The zero-order valence-electron chi connectivity index (χ0n) is 12.2. The summed E-state index contributed by atoms with van der Waals surface area (Å²) >= 11 is 1.52. The van der Waals surface area contributed by atoms with Crippen molar-refractivity contribution in [2.24, 2.45) is 0 Å². The SMILES string of the molecule is N#Cc1cccc(NC(=O)CSCc2ccc3c(c2)OCO3)c1. The van der Waals surface area contributed by atoms with E-state index < -0.39 is 0 Å². The van der Waals surface area contributed by atoms with Crippen LogP contribution in [-0.4, -0.2) is 18.5 Å². The van der Waals surface area contributed by atoms with Gasteiger partial charge in [0.05, 0.1) is 17.4 Å². The number of thioether (sulfide) groups is 1. The first-order chi connectivity index (χ1) is 11.2. The van der Waals surface area contributed by atoms with Crippen molar-refractivity contribution in [2.45, 2.75) is 5.75 Å². The van der Waals surface area contributed by atoms with Gasteiger partial charge in [-0.25, -0.2) is 0 Å². The predicted molar refractivity (Wildman–Crippen MR) is 88.5 cm³/mol. The molecule has 1 heterocycles. The van der Waals surface area contributed by atoms with Crippen molar-refractivity contribution in [3.05, 3.63) is 53.6 Å². The molecule has 1 amide bonds. The molecule has 0 fully saturated rings. The van der Waals surface area contributed by atoms with Gasteiger partial charge < -0.3 is 14.8 Å². The first-order valence-electron chi connectivity index (χ1n) is 7.01. The number of hydrogen-bond donors (Lipinski definition) is 1. The summed E-state index contributed by atoms with van der Waals surface area (Å²) in [6.07, 6.45) is 0. The molecule has 0 bridgehead atoms. The summed E-state index contributed by atoms with van der Waals surface area (Å²) in [6, 6.07) is 14.7. The minimum atomic E-state index is -0.0918. The minimum absolute atomic E-state index is 0.0918. The second-order valence-corrected chi connectivity index (χ2v) is 5.91. The number of fused-ring (bicyclic) bond motifs is 1. The van der Waals surface area contributed by atoms with Gasteiger partial charge in [0, 0.05) is 11.4 Å². The molecule has 0 saturated heterocycles. The molecule has 3 rings (SSSR count). The van der Waals surface area contributed by atoms with E-state index >= 15 is 0 Å². The van der Waals surface area contributed by atoms with Gasteiger partial charge in [0.1, 0.15) is 0 Å². The number of hydrogen-bond acceptors (Lipinski definition) is 5. The predicted octanol–water partition coefficient (Wildman–Crippen LogP) is 3.16. The van der Waals surface area contributed by atoms with Gasteiger partial charge in [-0.05, 0) is 35.9 Å². The lowest BCUT2D eigenvalue weighted by molar-refractivity contribution is -0.113. The highest BCUT2D eigenvalue weighted by Crippen LogP contribution is 2.33. The van der Waals surface area contributed by atoms with Crippen molar-refractivity contribution in [2.75, 3.05) is 17.9 Å². The van der Waals surface area contributed by atoms with Crippen LogP contribution in [0, 0.1) is 11.3 Å². The molecule has 2 aromatic carbocycles. The van der Waals surface area contributed by atoms with E-state index in [2.05, 4.69) is 5.32 Å². The second kappa shape index (κ2) is 7.07. The van der Waals surface area contributed by atoms with Crippen LogP contribution in [0.25, 0.3) is 0 Å². The summed E-state index contributed by atoms with van der Waals surface area (Å²) in [4.78, 5) is 11.9. The molecule has 6 heteroatoms. The summed E-state index contributed by atoms with van der Waals surface area (Å²) in [7, 11) is 0. The van der Waals surface area contributed by atoms with Crippen LogP contribution in [0.1, 0.15) is 11.1 Å². The highest BCUT2D eigenvalue weighted by atomic mass is 32.2. The number of anilines is 1. The lowest BCUT2D eigenvalue weighted by atomic mass is 10.2. The van der Waals surface area contributed by atoms with Crippen LogP contribution in [0.4, 0.5) is 5.69 Å². The van der Waals surface area contributed by atoms with Crippen LogP contribution in [0.5, 0.6) is 11.5 Å². The Morgan fingerprint density at radius 3 is 2.96 bits per heavy atom. The first-order valence-corrected chi connectivity index (χ1v) is 8.16. The molecule has 0 radical (unpaired) electrons. The smallest absolute Gasteiger partial charge is 0.234 e. The largest absolute Gasteiger partial charge is 0.454 e. The van der Waals surface area contributed by atoms with Gasteiger partial charge in [0.2, 0.25) is 12.7 Å². The Morgan fingerprint density at radius 1 is 1.22 bits per heavy atom. The van der Waals surface area contributed by atoms with Gasteiger partial charge in [-0.3, -0.25) is 4.79 Å². The number of nitrogens with zero attached hydrogens (tertiary/aromatic N) is 1. The summed E-state index contributed by atoms with van der Waals surface area (Å²) in [6.45, 7) is 0.260. The fraction of sp³-hybridized carbons (Fsp3) is 0.176. The molecule has 2 aromatic rings. The Bertz CT molecular complexity index is 771. The highest BCUT2D eigenvalue weighted by Gasteiger charge is 2.13. The lowest BCUT2D eigenvalue weighted by Gasteiger charge is -2.06. The van der Waals surface area contributed by atoms with Crippen LogP contribution >= 0.6 is 11.8 Å². The molecule has 1 N–H and O–H groups in total. The molecule has 0 atom stereocenters. The Labute approximate surface area is 138 Å². The van der Waals surface area contributed by atoms with Crippen molar-refractivity contribution in [3.8, 4) is 17.6 Å². The van der Waals surface area contributed by atoms with E-state index in [9.17, 15) is 4.79 Å². The standard InChI is InChI=1S/C17H14N2O3S/c18-8-12-2-1-3-14(6-12)19-17(20)10-23-9-13-4-5-15-16(7-13)22-11-21-15/h1-7H,9-11H2,(H,19,20). The molecule has 23 heavy (non-hydrogen) atoms. The molecule has 0 spiro atoms. The van der Waals surface area contributed by atoms with Crippen molar-refractivity contribution in [1.82, 2.24) is 0 Å². The van der Waals surface area contributed by atoms with Crippen molar-refractivity contribution in [1.29, 1.82) is 5.26 Å². The van der Waals surface area contributed by atoms with Crippen molar-refractivity contribution in [3.63, 3.8) is 0 Å². The Balaban J connectivity index is 1.48. The third-order valence-electron chi connectivity index (χ3n) is 3.21. The molecule has 5 nitrogen and oxygen atoms in total. The molecular formula is C17H14N2O3S. The number of nitrogens with one attached hydrogen (secondary N) is 1. The van der Waals surface area contributed by atoms with E-state index in [1.54, 1.807) is 24.3 Å². The van der Waals surface area contributed by atoms with Gasteiger partial charge in [0.15, 0.2) is 11.5 Å². The first kappa shape index (κ1) is 15.3.